The van der Waals surface area contributed by atoms with Crippen molar-refractivity contribution in [3.63, 3.8) is 0 Å². The first kappa shape index (κ1) is 22.7. The molecule has 156 valence electrons. The molecule has 0 saturated heterocycles. The van der Waals surface area contributed by atoms with Crippen molar-refractivity contribution in [2.45, 2.75) is 40.0 Å². The van der Waals surface area contributed by atoms with E-state index in [1.54, 1.807) is 0 Å². The van der Waals surface area contributed by atoms with Crippen LogP contribution in [0.2, 0.25) is 5.15 Å². The second kappa shape index (κ2) is 9.25. The predicted octanol–water partition coefficient (Wildman–Crippen LogP) is -2.03. The summed E-state index contributed by atoms with van der Waals surface area (Å²) in [7, 11) is 0. The molecule has 0 bridgehead atoms. The third kappa shape index (κ3) is 4.21. The molecule has 3 aromatic rings. The topological polar surface area (TPSA) is 142 Å². The number of halogens is 2. The molecule has 0 fully saturated rings. The number of nitrogens with two attached hydrogens (primary N) is 3. The quantitative estimate of drug-likeness (QED) is 0.327. The van der Waals surface area contributed by atoms with Crippen molar-refractivity contribution < 1.29 is 21.8 Å². The van der Waals surface area contributed by atoms with Crippen molar-refractivity contribution in [1.29, 1.82) is 0 Å². The first-order chi connectivity index (χ1) is 13.4. The highest BCUT2D eigenvalue weighted by molar-refractivity contribution is 6.31. The van der Waals surface area contributed by atoms with Gasteiger partial charge in [-0.3, -0.25) is 4.79 Å². The van der Waals surface area contributed by atoms with E-state index in [1.165, 1.54) is 0 Å². The maximum atomic E-state index is 12.6. The van der Waals surface area contributed by atoms with Gasteiger partial charge in [0, 0.05) is 6.54 Å². The number of fused-ring (bicyclic) bond motifs is 1. The average molecular weight is 439 g/mol. The van der Waals surface area contributed by atoms with Crippen molar-refractivity contribution in [3.05, 3.63) is 40.4 Å². The molecule has 0 unspecified atom stereocenters. The fourth-order valence-corrected chi connectivity index (χ4v) is 3.44. The number of nitrogens with zero attached hydrogens (tertiary/aromatic N) is 4. The second-order valence-corrected chi connectivity index (χ2v) is 6.61. The number of rotatable bonds is 6. The fraction of sp³-hybridized carbons (Fsp3) is 0.333. The highest BCUT2D eigenvalue weighted by Gasteiger charge is 2.25. The molecule has 1 aromatic carbocycles. The number of aryl methyl sites for hydroxylation is 2. The van der Waals surface area contributed by atoms with Crippen LogP contribution in [0.15, 0.2) is 18.2 Å². The Balaban J connectivity index is 0.00000300. The minimum Gasteiger partial charge on any atom is -1.00 e. The summed E-state index contributed by atoms with van der Waals surface area (Å²) in [4.78, 5) is 20.4. The third-order valence-electron chi connectivity index (χ3n) is 4.64. The van der Waals surface area contributed by atoms with E-state index in [0.29, 0.717) is 6.54 Å². The zero-order valence-electron chi connectivity index (χ0n) is 16.2. The van der Waals surface area contributed by atoms with Crippen molar-refractivity contribution in [2.75, 3.05) is 11.5 Å². The lowest BCUT2D eigenvalue weighted by Crippen LogP contribution is -3.00. The number of benzene rings is 1. The Bertz CT molecular complexity index is 1050. The summed E-state index contributed by atoms with van der Waals surface area (Å²) >= 11 is 5.87. The van der Waals surface area contributed by atoms with Gasteiger partial charge < -0.3 is 34.9 Å². The Labute approximate surface area is 179 Å². The lowest BCUT2D eigenvalue weighted by molar-refractivity contribution is -0.676. The maximum absolute atomic E-state index is 12.6. The van der Waals surface area contributed by atoms with E-state index in [0.717, 1.165) is 35.5 Å². The Morgan fingerprint density at radius 1 is 1.24 bits per heavy atom. The zero-order valence-corrected chi connectivity index (χ0v) is 17.8. The van der Waals surface area contributed by atoms with E-state index in [9.17, 15) is 4.79 Å². The van der Waals surface area contributed by atoms with Crippen molar-refractivity contribution in [3.8, 4) is 0 Å². The van der Waals surface area contributed by atoms with Crippen LogP contribution in [0.1, 0.15) is 35.7 Å². The van der Waals surface area contributed by atoms with E-state index in [1.807, 2.05) is 6.07 Å². The van der Waals surface area contributed by atoms with Gasteiger partial charge in [0.15, 0.2) is 33.5 Å². The fourth-order valence-electron chi connectivity index (χ4n) is 3.31. The first-order valence-electron chi connectivity index (χ1n) is 9.01. The molecule has 2 heterocycles. The number of nitrogen functional groups attached to an aromatic ring is 2. The highest BCUT2D eigenvalue weighted by Crippen LogP contribution is 2.19. The van der Waals surface area contributed by atoms with Gasteiger partial charge in [0.1, 0.15) is 6.54 Å². The number of imidazole rings is 1. The van der Waals surface area contributed by atoms with E-state index in [2.05, 4.69) is 50.4 Å². The van der Waals surface area contributed by atoms with Crippen LogP contribution in [0.3, 0.4) is 0 Å². The van der Waals surface area contributed by atoms with Gasteiger partial charge in [-0.1, -0.05) is 17.7 Å². The smallest absolute Gasteiger partial charge is 0.277 e. The lowest BCUT2D eigenvalue weighted by Gasteiger charge is -2.08. The van der Waals surface area contributed by atoms with Crippen LogP contribution in [-0.4, -0.2) is 20.4 Å². The van der Waals surface area contributed by atoms with Crippen LogP contribution in [0.4, 0.5) is 11.6 Å². The molecule has 0 saturated carbocycles. The number of anilines is 2. The van der Waals surface area contributed by atoms with Crippen molar-refractivity contribution >= 4 is 40.2 Å². The van der Waals surface area contributed by atoms with Gasteiger partial charge in [0.05, 0.1) is 13.1 Å². The number of nitrogens with one attached hydrogen (secondary N) is 1. The number of carbonyl (C=O) groups is 1. The van der Waals surface area contributed by atoms with E-state index >= 15 is 0 Å². The zero-order chi connectivity index (χ0) is 20.4. The molecule has 7 N–H and O–H groups in total. The number of hydrogen-bond acceptors (Lipinski definition) is 6. The third-order valence-corrected chi connectivity index (χ3v) is 4.92. The highest BCUT2D eigenvalue weighted by atomic mass is 35.5. The standard InChI is InChI=1S/C18H23ClN8O.ClH/c1-3-26-11-6-5-10(8-20)7-12(11)27(4-2)13(26)9-23-18(28)14-16(21)25-17(22)15(19)24-14;/h5-7H,3-4,8-9,20H2,1-2H3,(H4-,21,22,23,25,28);1H. The number of hydrogen-bond donors (Lipinski definition) is 4. The van der Waals surface area contributed by atoms with Gasteiger partial charge in [0.25, 0.3) is 11.7 Å². The van der Waals surface area contributed by atoms with Crippen LogP contribution in [0, 0.1) is 0 Å². The van der Waals surface area contributed by atoms with Gasteiger partial charge in [-0.05, 0) is 31.5 Å². The Kier molecular flexibility index (Phi) is 7.23. The lowest BCUT2D eigenvalue weighted by atomic mass is 10.2. The summed E-state index contributed by atoms with van der Waals surface area (Å²) < 4.78 is 4.31. The van der Waals surface area contributed by atoms with Crippen molar-refractivity contribution in [2.24, 2.45) is 5.73 Å². The van der Waals surface area contributed by atoms with Crippen LogP contribution in [0.5, 0.6) is 0 Å². The number of amides is 1. The van der Waals surface area contributed by atoms with Crippen molar-refractivity contribution in [1.82, 2.24) is 19.9 Å². The van der Waals surface area contributed by atoms with E-state index < -0.39 is 5.91 Å². The summed E-state index contributed by atoms with van der Waals surface area (Å²) in [6.07, 6.45) is 0. The van der Waals surface area contributed by atoms with Crippen LogP contribution in [-0.2, 0) is 26.2 Å². The predicted molar refractivity (Wildman–Crippen MR) is 108 cm³/mol. The van der Waals surface area contributed by atoms with Gasteiger partial charge >= 0.3 is 0 Å². The molecule has 11 heteroatoms. The molecule has 2 aromatic heterocycles. The summed E-state index contributed by atoms with van der Waals surface area (Å²) in [6, 6.07) is 6.16. The van der Waals surface area contributed by atoms with E-state index in [-0.39, 0.29) is 41.4 Å². The number of aromatic nitrogens is 4. The normalized spacial score (nSPS) is 10.8. The molecule has 0 aliphatic rings. The van der Waals surface area contributed by atoms with E-state index in [4.69, 9.17) is 28.8 Å². The van der Waals surface area contributed by atoms with Gasteiger partial charge in [-0.15, -0.1) is 0 Å². The Morgan fingerprint density at radius 2 is 1.97 bits per heavy atom. The maximum Gasteiger partial charge on any atom is 0.277 e. The largest absolute Gasteiger partial charge is 1.00 e. The molecule has 0 radical (unpaired) electrons. The Morgan fingerprint density at radius 3 is 2.59 bits per heavy atom. The number of carbonyl (C=O) groups excluding carboxylic acids is 1. The minimum absolute atomic E-state index is 0. The molecule has 3 rings (SSSR count). The second-order valence-electron chi connectivity index (χ2n) is 6.25. The molecule has 0 aliphatic carbocycles. The molecule has 0 aliphatic heterocycles. The molecular weight excluding hydrogens is 415 g/mol. The van der Waals surface area contributed by atoms with Gasteiger partial charge in [-0.25, -0.2) is 19.1 Å². The first-order valence-corrected chi connectivity index (χ1v) is 9.39. The summed E-state index contributed by atoms with van der Waals surface area (Å²) in [5.41, 5.74) is 20.3. The molecule has 29 heavy (non-hydrogen) atoms. The SMILES string of the molecule is CCn1c(CNC(=O)c2nc(Cl)c(N)nc2N)[n+](CC)c2ccc(CN)cc21.[Cl-]. The summed E-state index contributed by atoms with van der Waals surface area (Å²) in [5, 5.41) is 2.80. The monoisotopic (exact) mass is 438 g/mol. The summed E-state index contributed by atoms with van der Waals surface area (Å²) in [6.45, 7) is 6.38. The van der Waals surface area contributed by atoms with Crippen LogP contribution < -0.4 is 39.5 Å². The molecule has 0 spiro atoms. The molecule has 0 atom stereocenters. The molecule has 1 amide bonds. The molecule has 9 nitrogen and oxygen atoms in total. The van der Waals surface area contributed by atoms with Gasteiger partial charge in [-0.2, -0.15) is 0 Å². The minimum atomic E-state index is -0.467. The Hall–Kier alpha value is -2.62. The average Bonchev–Trinajstić information content (AvgIpc) is 3.00. The van der Waals surface area contributed by atoms with Gasteiger partial charge in [0.2, 0.25) is 0 Å². The molecular formula is C18H24Cl2N8O. The van der Waals surface area contributed by atoms with Crippen LogP contribution in [0.25, 0.3) is 11.0 Å². The summed E-state index contributed by atoms with van der Waals surface area (Å²) in [5.74, 6) is 0.411. The van der Waals surface area contributed by atoms with Crippen LogP contribution >= 0.6 is 11.6 Å².